The Morgan fingerprint density at radius 1 is 1.28 bits per heavy atom. The zero-order chi connectivity index (χ0) is 17.7. The molecule has 6 heteroatoms. The van der Waals surface area contributed by atoms with E-state index in [4.69, 9.17) is 16.3 Å². The molecule has 3 nitrogen and oxygen atoms in total. The van der Waals surface area contributed by atoms with Crippen molar-refractivity contribution in [1.82, 2.24) is 4.98 Å². The third kappa shape index (κ3) is 3.34. The maximum atomic E-state index is 12.2. The van der Waals surface area contributed by atoms with Crippen molar-refractivity contribution in [2.75, 3.05) is 5.75 Å². The lowest BCUT2D eigenvalue weighted by Gasteiger charge is -2.43. The second kappa shape index (κ2) is 6.29. The lowest BCUT2D eigenvalue weighted by molar-refractivity contribution is -0.150. The van der Waals surface area contributed by atoms with E-state index in [0.29, 0.717) is 6.42 Å². The molecule has 1 aromatic carbocycles. The Balaban J connectivity index is 1.66. The Bertz CT molecular complexity index is 802. The first-order valence-corrected chi connectivity index (χ1v) is 10.6. The van der Waals surface area contributed by atoms with Gasteiger partial charge < -0.3 is 4.74 Å². The predicted molar refractivity (Wildman–Crippen MR) is 105 cm³/mol. The van der Waals surface area contributed by atoms with Gasteiger partial charge in [-0.1, -0.05) is 37.6 Å². The van der Waals surface area contributed by atoms with Gasteiger partial charge in [0, 0.05) is 22.4 Å². The van der Waals surface area contributed by atoms with E-state index in [1.165, 1.54) is 0 Å². The van der Waals surface area contributed by atoms with Gasteiger partial charge in [0.05, 0.1) is 17.2 Å². The van der Waals surface area contributed by atoms with Crippen LogP contribution in [-0.2, 0) is 9.53 Å². The third-order valence-electron chi connectivity index (χ3n) is 5.02. The first kappa shape index (κ1) is 17.4. The summed E-state index contributed by atoms with van der Waals surface area (Å²) < 4.78 is 6.04. The molecular weight excluding hydrogens is 374 g/mol. The van der Waals surface area contributed by atoms with Crippen LogP contribution >= 0.6 is 34.7 Å². The first-order valence-electron chi connectivity index (χ1n) is 8.44. The maximum Gasteiger partial charge on any atom is 0.307 e. The van der Waals surface area contributed by atoms with Gasteiger partial charge in [0.2, 0.25) is 0 Å². The minimum Gasteiger partial charge on any atom is -0.458 e. The van der Waals surface area contributed by atoms with E-state index in [9.17, 15) is 4.79 Å². The van der Waals surface area contributed by atoms with Crippen LogP contribution in [0, 0.1) is 0 Å². The van der Waals surface area contributed by atoms with Gasteiger partial charge in [-0.15, -0.1) is 11.3 Å². The van der Waals surface area contributed by atoms with Crippen LogP contribution in [0.25, 0.3) is 10.4 Å². The number of aromatic nitrogens is 1. The molecule has 2 aromatic rings. The predicted octanol–water partition coefficient (Wildman–Crippen LogP) is 5.54. The molecule has 1 aromatic heterocycles. The minimum atomic E-state index is -0.388. The Morgan fingerprint density at radius 2 is 2.04 bits per heavy atom. The van der Waals surface area contributed by atoms with Gasteiger partial charge in [-0.3, -0.25) is 4.79 Å². The number of hydrogen-bond donors (Lipinski definition) is 0. The molecular formula is C19H20ClNO2S2. The van der Waals surface area contributed by atoms with E-state index in [2.05, 4.69) is 18.8 Å². The van der Waals surface area contributed by atoms with Gasteiger partial charge in [-0.25, -0.2) is 4.98 Å². The van der Waals surface area contributed by atoms with E-state index < -0.39 is 0 Å². The van der Waals surface area contributed by atoms with E-state index >= 15 is 0 Å². The van der Waals surface area contributed by atoms with Crippen molar-refractivity contribution in [2.24, 2.45) is 0 Å². The molecule has 0 aliphatic carbocycles. The Labute approximate surface area is 161 Å². The summed E-state index contributed by atoms with van der Waals surface area (Å²) in [5.74, 6) is 0.994. The molecule has 0 unspecified atom stereocenters. The van der Waals surface area contributed by atoms with Crippen LogP contribution in [0.1, 0.15) is 44.0 Å². The molecule has 0 radical (unpaired) electrons. The van der Waals surface area contributed by atoms with Crippen LogP contribution in [0.3, 0.4) is 0 Å². The lowest BCUT2D eigenvalue weighted by Crippen LogP contribution is -2.44. The van der Waals surface area contributed by atoms with Crippen molar-refractivity contribution < 1.29 is 9.53 Å². The molecule has 2 aliphatic rings. The zero-order valence-corrected chi connectivity index (χ0v) is 16.6. The largest absolute Gasteiger partial charge is 0.458 e. The molecule has 3 heterocycles. The van der Waals surface area contributed by atoms with Crippen LogP contribution in [0.4, 0.5) is 0 Å². The third-order valence-corrected chi connectivity index (χ3v) is 7.76. The molecule has 1 spiro atoms. The maximum absolute atomic E-state index is 12.2. The number of benzene rings is 1. The number of esters is 1. The van der Waals surface area contributed by atoms with Crippen molar-refractivity contribution in [3.8, 4) is 10.4 Å². The van der Waals surface area contributed by atoms with Gasteiger partial charge in [-0.05, 0) is 29.9 Å². The van der Waals surface area contributed by atoms with Gasteiger partial charge in [0.15, 0.2) is 0 Å². The molecule has 2 aliphatic heterocycles. The fourth-order valence-electron chi connectivity index (χ4n) is 3.95. The average Bonchev–Trinajstić information content (AvgIpc) is 3.12. The fraction of sp³-hybridized carbons (Fsp3) is 0.474. The number of rotatable bonds is 2. The smallest absolute Gasteiger partial charge is 0.307 e. The first-order chi connectivity index (χ1) is 11.9. The number of halogens is 1. The number of ether oxygens (including phenoxy) is 1. The molecule has 2 atom stereocenters. The van der Waals surface area contributed by atoms with E-state index in [1.807, 2.05) is 42.2 Å². The Morgan fingerprint density at radius 3 is 2.76 bits per heavy atom. The van der Waals surface area contributed by atoms with Crippen molar-refractivity contribution in [2.45, 2.75) is 49.4 Å². The van der Waals surface area contributed by atoms with Crippen LogP contribution < -0.4 is 0 Å². The Hall–Kier alpha value is -1.04. The van der Waals surface area contributed by atoms with Crippen molar-refractivity contribution in [1.29, 1.82) is 0 Å². The van der Waals surface area contributed by atoms with E-state index in [-0.39, 0.29) is 22.2 Å². The van der Waals surface area contributed by atoms with Crippen molar-refractivity contribution in [3.63, 3.8) is 0 Å². The Kier molecular flexibility index (Phi) is 4.37. The zero-order valence-electron chi connectivity index (χ0n) is 14.3. The number of nitrogens with zero attached hydrogens (tertiary/aromatic N) is 1. The summed E-state index contributed by atoms with van der Waals surface area (Å²) in [6, 6.07) is 7.79. The highest BCUT2D eigenvalue weighted by Gasteiger charge is 2.55. The molecule has 2 saturated heterocycles. The molecule has 4 rings (SSSR count). The summed E-state index contributed by atoms with van der Waals surface area (Å²) in [5.41, 5.74) is 0.716. The lowest BCUT2D eigenvalue weighted by atomic mass is 9.78. The highest BCUT2D eigenvalue weighted by Crippen LogP contribution is 2.54. The molecule has 0 N–H and O–H groups in total. The molecule has 25 heavy (non-hydrogen) atoms. The molecule has 0 bridgehead atoms. The highest BCUT2D eigenvalue weighted by atomic mass is 35.5. The van der Waals surface area contributed by atoms with E-state index in [0.717, 1.165) is 39.1 Å². The summed E-state index contributed by atoms with van der Waals surface area (Å²) >= 11 is 9.61. The number of carbonyl (C=O) groups excluding carboxylic acids is 1. The van der Waals surface area contributed by atoms with Gasteiger partial charge in [0.1, 0.15) is 10.6 Å². The topological polar surface area (TPSA) is 39.2 Å². The van der Waals surface area contributed by atoms with Crippen molar-refractivity contribution in [3.05, 3.63) is 40.5 Å². The highest BCUT2D eigenvalue weighted by molar-refractivity contribution is 8.00. The second-order valence-electron chi connectivity index (χ2n) is 7.40. The number of thiazole rings is 1. The van der Waals surface area contributed by atoms with Gasteiger partial charge in [0.25, 0.3) is 0 Å². The average molecular weight is 394 g/mol. The van der Waals surface area contributed by atoms with Crippen LogP contribution in [0.5, 0.6) is 0 Å². The summed E-state index contributed by atoms with van der Waals surface area (Å²) in [6.45, 7) is 4.48. The van der Waals surface area contributed by atoms with E-state index in [1.54, 1.807) is 11.3 Å². The summed E-state index contributed by atoms with van der Waals surface area (Å²) in [4.78, 5) is 17.9. The monoisotopic (exact) mass is 393 g/mol. The molecule has 132 valence electrons. The minimum absolute atomic E-state index is 0.0613. The normalized spacial score (nSPS) is 28.3. The number of hydrogen-bond acceptors (Lipinski definition) is 5. The standard InChI is InChI=1S/C19H20ClNO2S2/c1-18(2)11-19(7-8-24-18)14(9-16(22)23-19)17-21-10-15(25-17)12-3-5-13(20)6-4-12/h3-6,10,14H,7-9,11H2,1-2H3/t14-,19-/m1/s1. The molecule has 0 saturated carbocycles. The molecule has 2 fully saturated rings. The number of thioether (sulfide) groups is 1. The summed E-state index contributed by atoms with van der Waals surface area (Å²) in [6.07, 6.45) is 4.14. The second-order valence-corrected chi connectivity index (χ2v) is 10.7. The van der Waals surface area contributed by atoms with Gasteiger partial charge >= 0.3 is 5.97 Å². The van der Waals surface area contributed by atoms with Crippen LogP contribution in [0.15, 0.2) is 30.5 Å². The SMILES string of the molecule is CC1(C)C[C@@]2(CCS1)OC(=O)C[C@@H]2c1ncc(-c2ccc(Cl)cc2)s1. The quantitative estimate of drug-likeness (QED) is 0.628. The summed E-state index contributed by atoms with van der Waals surface area (Å²) in [5, 5.41) is 1.74. The fourth-order valence-corrected chi connectivity index (χ4v) is 6.55. The van der Waals surface area contributed by atoms with Crippen LogP contribution in [0.2, 0.25) is 5.02 Å². The summed E-state index contributed by atoms with van der Waals surface area (Å²) in [7, 11) is 0. The number of carbonyl (C=O) groups is 1. The van der Waals surface area contributed by atoms with Crippen LogP contribution in [-0.4, -0.2) is 27.1 Å². The van der Waals surface area contributed by atoms with Crippen molar-refractivity contribution >= 4 is 40.7 Å². The molecule has 0 amide bonds. The van der Waals surface area contributed by atoms with Gasteiger partial charge in [-0.2, -0.15) is 11.8 Å².